The van der Waals surface area contributed by atoms with E-state index in [1.54, 1.807) is 4.90 Å². The molecule has 1 amide bonds. The molecule has 0 bridgehead atoms. The smallest absolute Gasteiger partial charge is 0.252 e. The molecule has 3 aliphatic rings. The van der Waals surface area contributed by atoms with Crippen molar-refractivity contribution in [3.05, 3.63) is 0 Å². The van der Waals surface area contributed by atoms with E-state index < -0.39 is 11.8 Å². The van der Waals surface area contributed by atoms with Gasteiger partial charge in [0.05, 0.1) is 5.92 Å². The highest BCUT2D eigenvalue weighted by molar-refractivity contribution is 5.80. The Balaban J connectivity index is 1.67. The van der Waals surface area contributed by atoms with E-state index in [9.17, 15) is 13.6 Å². The molecule has 5 heteroatoms. The SMILES string of the molecule is O=C(C1CNC1)N1C[C@H]2CCC(F)(F)[C@H]2C1. The van der Waals surface area contributed by atoms with E-state index >= 15 is 0 Å². The number of rotatable bonds is 1. The highest BCUT2D eigenvalue weighted by atomic mass is 19.3. The molecule has 2 atom stereocenters. The number of fused-ring (bicyclic) bond motifs is 1. The van der Waals surface area contributed by atoms with E-state index in [2.05, 4.69) is 5.32 Å². The van der Waals surface area contributed by atoms with Crippen molar-refractivity contribution in [2.45, 2.75) is 18.8 Å². The predicted molar refractivity (Wildman–Crippen MR) is 54.1 cm³/mol. The van der Waals surface area contributed by atoms with Crippen LogP contribution in [-0.2, 0) is 4.79 Å². The van der Waals surface area contributed by atoms with Crippen molar-refractivity contribution in [3.63, 3.8) is 0 Å². The van der Waals surface area contributed by atoms with Crippen LogP contribution in [0.25, 0.3) is 0 Å². The van der Waals surface area contributed by atoms with Crippen LogP contribution in [0.15, 0.2) is 0 Å². The number of hydrogen-bond acceptors (Lipinski definition) is 2. The molecular weight excluding hydrogens is 214 g/mol. The van der Waals surface area contributed by atoms with E-state index in [1.807, 2.05) is 0 Å². The van der Waals surface area contributed by atoms with Gasteiger partial charge in [-0.2, -0.15) is 0 Å². The van der Waals surface area contributed by atoms with Crippen LogP contribution in [0.2, 0.25) is 0 Å². The molecular formula is C11H16F2N2O. The molecule has 1 aliphatic carbocycles. The standard InChI is InChI=1S/C11H16F2N2O/c12-11(13)2-1-7-5-15(6-9(7)11)10(16)8-3-14-4-8/h7-9,14H,1-6H2/t7-,9+/m1/s1. The molecule has 3 nitrogen and oxygen atoms in total. The van der Waals surface area contributed by atoms with Gasteiger partial charge in [-0.3, -0.25) is 4.79 Å². The normalized spacial score (nSPS) is 37.2. The summed E-state index contributed by atoms with van der Waals surface area (Å²) in [6.07, 6.45) is 0.583. The predicted octanol–water partition coefficient (Wildman–Crippen LogP) is 0.710. The van der Waals surface area contributed by atoms with Crippen molar-refractivity contribution in [2.75, 3.05) is 26.2 Å². The van der Waals surface area contributed by atoms with Gasteiger partial charge in [0, 0.05) is 38.5 Å². The van der Waals surface area contributed by atoms with Crippen molar-refractivity contribution in [1.82, 2.24) is 10.2 Å². The Kier molecular flexibility index (Phi) is 2.21. The minimum Gasteiger partial charge on any atom is -0.342 e. The van der Waals surface area contributed by atoms with Crippen molar-refractivity contribution in [3.8, 4) is 0 Å². The van der Waals surface area contributed by atoms with Crippen molar-refractivity contribution < 1.29 is 13.6 Å². The summed E-state index contributed by atoms with van der Waals surface area (Å²) in [5.74, 6) is -2.98. The molecule has 0 aromatic carbocycles. The Hall–Kier alpha value is -0.710. The van der Waals surface area contributed by atoms with Gasteiger partial charge in [0.2, 0.25) is 5.91 Å². The number of halogens is 2. The molecule has 0 aromatic rings. The molecule has 3 rings (SSSR count). The fraction of sp³-hybridized carbons (Fsp3) is 0.909. The summed E-state index contributed by atoms with van der Waals surface area (Å²) >= 11 is 0. The monoisotopic (exact) mass is 230 g/mol. The summed E-state index contributed by atoms with van der Waals surface area (Å²) in [6, 6.07) is 0. The number of likely N-dealkylation sites (tertiary alicyclic amines) is 1. The van der Waals surface area contributed by atoms with Gasteiger partial charge < -0.3 is 10.2 Å². The van der Waals surface area contributed by atoms with Crippen LogP contribution in [0.3, 0.4) is 0 Å². The molecule has 3 fully saturated rings. The Morgan fingerprint density at radius 2 is 2.06 bits per heavy atom. The highest BCUT2D eigenvalue weighted by Crippen LogP contribution is 2.48. The quantitative estimate of drug-likeness (QED) is 0.719. The van der Waals surface area contributed by atoms with Crippen LogP contribution >= 0.6 is 0 Å². The first-order chi connectivity index (χ1) is 7.58. The zero-order valence-corrected chi connectivity index (χ0v) is 9.09. The van der Waals surface area contributed by atoms with Gasteiger partial charge in [0.25, 0.3) is 5.92 Å². The molecule has 0 spiro atoms. The first-order valence-corrected chi connectivity index (χ1v) is 5.95. The average Bonchev–Trinajstić information content (AvgIpc) is 2.65. The molecule has 2 aliphatic heterocycles. The van der Waals surface area contributed by atoms with Crippen LogP contribution in [0.5, 0.6) is 0 Å². The third-order valence-electron chi connectivity index (χ3n) is 4.27. The zero-order valence-electron chi connectivity index (χ0n) is 9.09. The number of alkyl halides is 2. The molecule has 2 saturated heterocycles. The van der Waals surface area contributed by atoms with E-state index in [-0.39, 0.29) is 30.7 Å². The fourth-order valence-corrected chi connectivity index (χ4v) is 3.11. The Bertz CT molecular complexity index is 317. The van der Waals surface area contributed by atoms with E-state index in [1.165, 1.54) is 0 Å². The fourth-order valence-electron chi connectivity index (χ4n) is 3.11. The van der Waals surface area contributed by atoms with Gasteiger partial charge >= 0.3 is 0 Å². The lowest BCUT2D eigenvalue weighted by atomic mass is 9.99. The van der Waals surface area contributed by atoms with Gasteiger partial charge in [-0.05, 0) is 12.3 Å². The van der Waals surface area contributed by atoms with Gasteiger partial charge in [-0.1, -0.05) is 0 Å². The summed E-state index contributed by atoms with van der Waals surface area (Å²) in [6.45, 7) is 2.24. The first kappa shape index (κ1) is 10.4. The molecule has 2 heterocycles. The van der Waals surface area contributed by atoms with Crippen LogP contribution in [0.4, 0.5) is 8.78 Å². The molecule has 0 unspecified atom stereocenters. The number of amides is 1. The van der Waals surface area contributed by atoms with Crippen molar-refractivity contribution in [2.24, 2.45) is 17.8 Å². The van der Waals surface area contributed by atoms with E-state index in [0.717, 1.165) is 0 Å². The van der Waals surface area contributed by atoms with E-state index in [4.69, 9.17) is 0 Å². The number of nitrogens with zero attached hydrogens (tertiary/aromatic N) is 1. The third-order valence-corrected chi connectivity index (χ3v) is 4.27. The second kappa shape index (κ2) is 3.39. The van der Waals surface area contributed by atoms with Crippen LogP contribution in [0, 0.1) is 17.8 Å². The molecule has 1 N–H and O–H groups in total. The lowest BCUT2D eigenvalue weighted by molar-refractivity contribution is -0.137. The Morgan fingerprint density at radius 3 is 2.62 bits per heavy atom. The first-order valence-electron chi connectivity index (χ1n) is 5.95. The van der Waals surface area contributed by atoms with Crippen molar-refractivity contribution >= 4 is 5.91 Å². The second-order valence-corrected chi connectivity index (χ2v) is 5.26. The van der Waals surface area contributed by atoms with Crippen molar-refractivity contribution in [1.29, 1.82) is 0 Å². The van der Waals surface area contributed by atoms with Crippen LogP contribution in [-0.4, -0.2) is 42.9 Å². The summed E-state index contributed by atoms with van der Waals surface area (Å²) < 4.78 is 27.0. The van der Waals surface area contributed by atoms with Crippen LogP contribution < -0.4 is 5.32 Å². The third kappa shape index (κ3) is 1.44. The lowest BCUT2D eigenvalue weighted by Crippen LogP contribution is -2.51. The summed E-state index contributed by atoms with van der Waals surface area (Å²) in [7, 11) is 0. The lowest BCUT2D eigenvalue weighted by Gasteiger charge is -2.30. The molecule has 0 aromatic heterocycles. The van der Waals surface area contributed by atoms with E-state index in [0.29, 0.717) is 26.1 Å². The molecule has 1 saturated carbocycles. The second-order valence-electron chi connectivity index (χ2n) is 5.26. The maximum absolute atomic E-state index is 13.5. The summed E-state index contributed by atoms with van der Waals surface area (Å²) in [4.78, 5) is 13.6. The zero-order chi connectivity index (χ0) is 11.3. The Labute approximate surface area is 93.2 Å². The number of carbonyl (C=O) groups is 1. The maximum atomic E-state index is 13.5. The summed E-state index contributed by atoms with van der Waals surface area (Å²) in [5, 5.41) is 3.04. The Morgan fingerprint density at radius 1 is 1.31 bits per heavy atom. The minimum atomic E-state index is -2.54. The molecule has 16 heavy (non-hydrogen) atoms. The maximum Gasteiger partial charge on any atom is 0.252 e. The van der Waals surface area contributed by atoms with Gasteiger partial charge in [-0.25, -0.2) is 8.78 Å². The largest absolute Gasteiger partial charge is 0.342 e. The van der Waals surface area contributed by atoms with Gasteiger partial charge in [0.15, 0.2) is 0 Å². The average molecular weight is 230 g/mol. The van der Waals surface area contributed by atoms with Gasteiger partial charge in [-0.15, -0.1) is 0 Å². The number of hydrogen-bond donors (Lipinski definition) is 1. The topological polar surface area (TPSA) is 32.3 Å². The number of carbonyl (C=O) groups excluding carboxylic acids is 1. The summed E-state index contributed by atoms with van der Waals surface area (Å²) in [5.41, 5.74) is 0. The van der Waals surface area contributed by atoms with Crippen LogP contribution in [0.1, 0.15) is 12.8 Å². The molecule has 90 valence electrons. The number of nitrogens with one attached hydrogen (secondary N) is 1. The minimum absolute atomic E-state index is 0.00927. The molecule has 0 radical (unpaired) electrons. The van der Waals surface area contributed by atoms with Gasteiger partial charge in [0.1, 0.15) is 0 Å². The highest BCUT2D eigenvalue weighted by Gasteiger charge is 2.55.